The van der Waals surface area contributed by atoms with Crippen molar-refractivity contribution >= 4 is 5.97 Å². The van der Waals surface area contributed by atoms with E-state index in [1.165, 1.54) is 38.5 Å². The molecule has 0 heterocycles. The van der Waals surface area contributed by atoms with Crippen LogP contribution in [0.15, 0.2) is 0 Å². The van der Waals surface area contributed by atoms with E-state index in [0.29, 0.717) is 0 Å². The summed E-state index contributed by atoms with van der Waals surface area (Å²) < 4.78 is 0. The molecule has 0 spiro atoms. The Bertz CT molecular complexity index is 251. The summed E-state index contributed by atoms with van der Waals surface area (Å²) in [6, 6.07) is 0. The van der Waals surface area contributed by atoms with Crippen molar-refractivity contribution in [3.63, 3.8) is 0 Å². The number of aliphatic carboxylic acids is 1. The minimum atomic E-state index is -0.627. The van der Waals surface area contributed by atoms with Crippen LogP contribution in [0.5, 0.6) is 0 Å². The second-order valence-corrected chi connectivity index (χ2v) is 5.83. The van der Waals surface area contributed by atoms with Gasteiger partial charge in [0.15, 0.2) is 0 Å². The molecule has 2 rings (SSSR count). The monoisotopic (exact) mass is 239 g/mol. The molecule has 0 bridgehead atoms. The topological polar surface area (TPSA) is 49.3 Å². The zero-order valence-electron chi connectivity index (χ0n) is 10.7. The van der Waals surface area contributed by atoms with Gasteiger partial charge < -0.3 is 10.4 Å². The van der Waals surface area contributed by atoms with E-state index in [4.69, 9.17) is 0 Å². The van der Waals surface area contributed by atoms with Crippen LogP contribution in [0.3, 0.4) is 0 Å². The van der Waals surface area contributed by atoms with E-state index in [2.05, 4.69) is 5.32 Å². The number of rotatable bonds is 4. The van der Waals surface area contributed by atoms with Crippen molar-refractivity contribution < 1.29 is 9.90 Å². The molecule has 0 aromatic carbocycles. The highest BCUT2D eigenvalue weighted by Crippen LogP contribution is 2.29. The predicted octanol–water partition coefficient (Wildman–Crippen LogP) is 2.94. The van der Waals surface area contributed by atoms with Crippen LogP contribution in [0, 0.1) is 5.92 Å². The van der Waals surface area contributed by atoms with Gasteiger partial charge in [-0.1, -0.05) is 38.5 Å². The first-order chi connectivity index (χ1) is 8.23. The Morgan fingerprint density at radius 2 is 1.65 bits per heavy atom. The van der Waals surface area contributed by atoms with E-state index in [9.17, 15) is 9.90 Å². The molecule has 0 saturated heterocycles. The Balaban J connectivity index is 1.92. The highest BCUT2D eigenvalue weighted by molar-refractivity contribution is 5.78. The first-order valence-corrected chi connectivity index (χ1v) is 7.21. The highest BCUT2D eigenvalue weighted by atomic mass is 16.4. The van der Waals surface area contributed by atoms with Gasteiger partial charge in [0.1, 0.15) is 5.54 Å². The van der Waals surface area contributed by atoms with Gasteiger partial charge in [-0.3, -0.25) is 4.79 Å². The van der Waals surface area contributed by atoms with Gasteiger partial charge >= 0.3 is 5.97 Å². The van der Waals surface area contributed by atoms with Gasteiger partial charge in [0.25, 0.3) is 0 Å². The summed E-state index contributed by atoms with van der Waals surface area (Å²) in [5, 5.41) is 12.9. The second-order valence-electron chi connectivity index (χ2n) is 5.83. The normalized spacial score (nSPS) is 25.6. The van der Waals surface area contributed by atoms with Crippen LogP contribution < -0.4 is 5.32 Å². The fraction of sp³-hybridized carbons (Fsp3) is 0.929. The molecule has 0 amide bonds. The average Bonchev–Trinajstić information content (AvgIpc) is 2.71. The number of carboxylic acids is 1. The molecule has 2 fully saturated rings. The summed E-state index contributed by atoms with van der Waals surface area (Å²) >= 11 is 0. The van der Waals surface area contributed by atoms with Gasteiger partial charge in [0.2, 0.25) is 0 Å². The molecular weight excluding hydrogens is 214 g/mol. The molecule has 2 aliphatic rings. The third-order valence-corrected chi connectivity index (χ3v) is 4.57. The van der Waals surface area contributed by atoms with Gasteiger partial charge in [-0.2, -0.15) is 0 Å². The molecule has 0 aromatic heterocycles. The predicted molar refractivity (Wildman–Crippen MR) is 68.0 cm³/mol. The minimum absolute atomic E-state index is 0.612. The SMILES string of the molecule is O=C(O)C1(NCC2CCCC2)CCCCCC1. The van der Waals surface area contributed by atoms with Gasteiger partial charge in [0, 0.05) is 0 Å². The standard InChI is InChI=1S/C14H25NO2/c16-13(17)14(9-5-1-2-6-10-14)15-11-12-7-3-4-8-12/h12,15H,1-11H2,(H,16,17). The molecule has 2 aliphatic carbocycles. The molecule has 0 radical (unpaired) electrons. The number of hydrogen-bond acceptors (Lipinski definition) is 2. The Labute approximate surface area is 104 Å². The number of carboxylic acid groups (broad SMARTS) is 1. The molecule has 3 nitrogen and oxygen atoms in total. The summed E-state index contributed by atoms with van der Waals surface area (Å²) in [5.41, 5.74) is -0.612. The van der Waals surface area contributed by atoms with Gasteiger partial charge in [-0.05, 0) is 38.1 Å². The second kappa shape index (κ2) is 5.85. The smallest absolute Gasteiger partial charge is 0.323 e. The quantitative estimate of drug-likeness (QED) is 0.742. The van der Waals surface area contributed by atoms with Crippen molar-refractivity contribution in [3.8, 4) is 0 Å². The first kappa shape index (κ1) is 12.9. The molecule has 98 valence electrons. The van der Waals surface area contributed by atoms with E-state index >= 15 is 0 Å². The van der Waals surface area contributed by atoms with E-state index in [1.54, 1.807) is 0 Å². The third kappa shape index (κ3) is 3.21. The Morgan fingerprint density at radius 3 is 2.18 bits per heavy atom. The summed E-state index contributed by atoms with van der Waals surface area (Å²) in [7, 11) is 0. The largest absolute Gasteiger partial charge is 0.480 e. The Hall–Kier alpha value is -0.570. The number of carbonyl (C=O) groups is 1. The lowest BCUT2D eigenvalue weighted by molar-refractivity contribution is -0.145. The van der Waals surface area contributed by atoms with Crippen molar-refractivity contribution in [2.45, 2.75) is 69.7 Å². The van der Waals surface area contributed by atoms with Crippen molar-refractivity contribution in [2.75, 3.05) is 6.54 Å². The maximum Gasteiger partial charge on any atom is 0.323 e. The third-order valence-electron chi connectivity index (χ3n) is 4.57. The van der Waals surface area contributed by atoms with Crippen LogP contribution in [0.2, 0.25) is 0 Å². The maximum absolute atomic E-state index is 11.6. The van der Waals surface area contributed by atoms with Gasteiger partial charge in [-0.15, -0.1) is 0 Å². The molecule has 0 atom stereocenters. The molecular formula is C14H25NO2. The lowest BCUT2D eigenvalue weighted by Crippen LogP contribution is -2.53. The highest BCUT2D eigenvalue weighted by Gasteiger charge is 2.38. The van der Waals surface area contributed by atoms with Crippen LogP contribution in [0.25, 0.3) is 0 Å². The van der Waals surface area contributed by atoms with Crippen LogP contribution >= 0.6 is 0 Å². The van der Waals surface area contributed by atoms with Crippen molar-refractivity contribution in [1.82, 2.24) is 5.32 Å². The summed E-state index contributed by atoms with van der Waals surface area (Å²) in [5.74, 6) is 0.0897. The zero-order chi connectivity index (χ0) is 12.1. The Kier molecular flexibility index (Phi) is 4.43. The maximum atomic E-state index is 11.6. The summed E-state index contributed by atoms with van der Waals surface area (Å²) in [4.78, 5) is 11.6. The molecule has 3 heteroatoms. The Morgan fingerprint density at radius 1 is 1.06 bits per heavy atom. The van der Waals surface area contributed by atoms with E-state index in [1.807, 2.05) is 0 Å². The van der Waals surface area contributed by atoms with Crippen LogP contribution in [0.4, 0.5) is 0 Å². The minimum Gasteiger partial charge on any atom is -0.480 e. The number of nitrogens with one attached hydrogen (secondary N) is 1. The van der Waals surface area contributed by atoms with Crippen molar-refractivity contribution in [2.24, 2.45) is 5.92 Å². The van der Waals surface area contributed by atoms with E-state index in [-0.39, 0.29) is 0 Å². The van der Waals surface area contributed by atoms with Crippen LogP contribution in [-0.4, -0.2) is 23.2 Å². The summed E-state index contributed by atoms with van der Waals surface area (Å²) in [6.07, 6.45) is 11.3. The molecule has 0 unspecified atom stereocenters. The average molecular weight is 239 g/mol. The zero-order valence-corrected chi connectivity index (χ0v) is 10.7. The lowest BCUT2D eigenvalue weighted by Gasteiger charge is -2.30. The lowest BCUT2D eigenvalue weighted by atomic mass is 9.89. The molecule has 17 heavy (non-hydrogen) atoms. The molecule has 2 saturated carbocycles. The van der Waals surface area contributed by atoms with E-state index < -0.39 is 11.5 Å². The fourth-order valence-electron chi connectivity index (χ4n) is 3.35. The first-order valence-electron chi connectivity index (χ1n) is 7.21. The molecule has 0 aromatic rings. The fourth-order valence-corrected chi connectivity index (χ4v) is 3.35. The molecule has 2 N–H and O–H groups in total. The van der Waals surface area contributed by atoms with Crippen LogP contribution in [0.1, 0.15) is 64.2 Å². The number of hydrogen-bond donors (Lipinski definition) is 2. The van der Waals surface area contributed by atoms with Gasteiger partial charge in [0.05, 0.1) is 0 Å². The van der Waals surface area contributed by atoms with E-state index in [0.717, 1.165) is 38.1 Å². The van der Waals surface area contributed by atoms with Gasteiger partial charge in [-0.25, -0.2) is 0 Å². The molecule has 0 aliphatic heterocycles. The van der Waals surface area contributed by atoms with Crippen molar-refractivity contribution in [1.29, 1.82) is 0 Å². The van der Waals surface area contributed by atoms with Crippen molar-refractivity contribution in [3.05, 3.63) is 0 Å². The van der Waals surface area contributed by atoms with Crippen LogP contribution in [-0.2, 0) is 4.79 Å². The summed E-state index contributed by atoms with van der Waals surface area (Å²) in [6.45, 7) is 0.909.